The average Bonchev–Trinajstić information content (AvgIpc) is 2.80. The van der Waals surface area contributed by atoms with Crippen molar-refractivity contribution in [3.63, 3.8) is 0 Å². The number of nitrogens with one attached hydrogen (secondary N) is 1. The molecule has 1 N–H and O–H groups in total. The molecule has 0 aromatic carbocycles. The fraction of sp³-hybridized carbons (Fsp3) is 0.714. The Bertz CT molecular complexity index is 576. The molecule has 0 bridgehead atoms. The summed E-state index contributed by atoms with van der Waals surface area (Å²) in [6.07, 6.45) is 3.22. The first-order chi connectivity index (χ1) is 9.95. The maximum Gasteiger partial charge on any atom is 0.152 e. The van der Waals surface area contributed by atoms with Crippen molar-refractivity contribution in [2.24, 2.45) is 0 Å². The Morgan fingerprint density at radius 2 is 2.19 bits per heavy atom. The van der Waals surface area contributed by atoms with Crippen LogP contribution < -0.4 is 10.2 Å². The monoisotopic (exact) mass is 312 g/mol. The Labute approximate surface area is 126 Å². The molecule has 2 unspecified atom stereocenters. The van der Waals surface area contributed by atoms with Crippen molar-refractivity contribution in [2.75, 3.05) is 28.3 Å². The summed E-state index contributed by atoms with van der Waals surface area (Å²) in [7, 11) is -2.89. The molecule has 0 amide bonds. The number of hydrogen-bond acceptors (Lipinski definition) is 6. The molecular weight excluding hydrogens is 288 g/mol. The Morgan fingerprint density at radius 3 is 2.76 bits per heavy atom. The quantitative estimate of drug-likeness (QED) is 0.862. The van der Waals surface area contributed by atoms with Crippen molar-refractivity contribution >= 4 is 21.5 Å². The topological polar surface area (TPSA) is 75.2 Å². The maximum atomic E-state index is 11.7. The molecule has 0 radical (unpaired) electrons. The molecule has 2 atom stereocenters. The zero-order valence-electron chi connectivity index (χ0n) is 12.9. The summed E-state index contributed by atoms with van der Waals surface area (Å²) < 4.78 is 23.3. The molecule has 1 aliphatic rings. The smallest absolute Gasteiger partial charge is 0.152 e. The van der Waals surface area contributed by atoms with E-state index in [4.69, 9.17) is 0 Å². The summed E-state index contributed by atoms with van der Waals surface area (Å²) >= 11 is 0. The van der Waals surface area contributed by atoms with Crippen LogP contribution in [0.2, 0.25) is 0 Å². The molecule has 2 heterocycles. The fourth-order valence-electron chi connectivity index (χ4n) is 2.57. The van der Waals surface area contributed by atoms with Crippen LogP contribution in [-0.4, -0.2) is 48.5 Å². The minimum atomic E-state index is -2.89. The van der Waals surface area contributed by atoms with Crippen LogP contribution in [0.4, 0.5) is 11.6 Å². The normalized spacial score (nSPS) is 22.0. The van der Waals surface area contributed by atoms with Crippen LogP contribution in [-0.2, 0) is 9.84 Å². The average molecular weight is 312 g/mol. The van der Waals surface area contributed by atoms with Crippen molar-refractivity contribution in [3.05, 3.63) is 12.4 Å². The van der Waals surface area contributed by atoms with E-state index in [0.717, 1.165) is 24.6 Å². The highest BCUT2D eigenvalue weighted by atomic mass is 32.2. The van der Waals surface area contributed by atoms with Gasteiger partial charge >= 0.3 is 0 Å². The standard InChI is InChI=1S/C14H24N4O2S/c1-4-11(3)17-13-8-14(16-10-15-13)18(5-2)12-6-7-21(19,20)9-12/h8,10-12H,4-7,9H2,1-3H3,(H,15,16,17). The summed E-state index contributed by atoms with van der Waals surface area (Å²) in [6.45, 7) is 6.97. The molecular formula is C14H24N4O2S. The van der Waals surface area contributed by atoms with Gasteiger partial charge in [0.25, 0.3) is 0 Å². The van der Waals surface area contributed by atoms with Gasteiger partial charge in [-0.3, -0.25) is 0 Å². The molecule has 0 saturated carbocycles. The molecule has 2 rings (SSSR count). The Balaban J connectivity index is 2.17. The number of anilines is 2. The minimum Gasteiger partial charge on any atom is -0.367 e. The van der Waals surface area contributed by atoms with Gasteiger partial charge in [-0.15, -0.1) is 0 Å². The van der Waals surface area contributed by atoms with Gasteiger partial charge in [0, 0.05) is 24.7 Å². The van der Waals surface area contributed by atoms with Gasteiger partial charge in [-0.2, -0.15) is 0 Å². The lowest BCUT2D eigenvalue weighted by Gasteiger charge is -2.28. The summed E-state index contributed by atoms with van der Waals surface area (Å²) in [5.74, 6) is 2.07. The third kappa shape index (κ3) is 4.06. The summed E-state index contributed by atoms with van der Waals surface area (Å²) in [6, 6.07) is 2.27. The fourth-order valence-corrected chi connectivity index (χ4v) is 4.30. The number of hydrogen-bond donors (Lipinski definition) is 1. The van der Waals surface area contributed by atoms with E-state index in [9.17, 15) is 8.42 Å². The molecule has 1 fully saturated rings. The Morgan fingerprint density at radius 1 is 1.43 bits per heavy atom. The van der Waals surface area contributed by atoms with Crippen LogP contribution in [0.3, 0.4) is 0 Å². The predicted molar refractivity (Wildman–Crippen MR) is 85.5 cm³/mol. The molecule has 21 heavy (non-hydrogen) atoms. The van der Waals surface area contributed by atoms with Gasteiger partial charge in [-0.25, -0.2) is 18.4 Å². The van der Waals surface area contributed by atoms with Crippen LogP contribution >= 0.6 is 0 Å². The lowest BCUT2D eigenvalue weighted by molar-refractivity contribution is 0.599. The van der Waals surface area contributed by atoms with Crippen LogP contribution in [0, 0.1) is 0 Å². The molecule has 7 heteroatoms. The highest BCUT2D eigenvalue weighted by Crippen LogP contribution is 2.24. The van der Waals surface area contributed by atoms with E-state index in [2.05, 4.69) is 34.0 Å². The maximum absolute atomic E-state index is 11.7. The molecule has 0 aliphatic carbocycles. The van der Waals surface area contributed by atoms with Gasteiger partial charge in [0.1, 0.15) is 18.0 Å². The minimum absolute atomic E-state index is 0.0198. The van der Waals surface area contributed by atoms with Crippen molar-refractivity contribution < 1.29 is 8.42 Å². The zero-order chi connectivity index (χ0) is 15.5. The van der Waals surface area contributed by atoms with Crippen molar-refractivity contribution in [1.82, 2.24) is 9.97 Å². The first-order valence-corrected chi connectivity index (χ1v) is 9.33. The van der Waals surface area contributed by atoms with Gasteiger partial charge in [0.2, 0.25) is 0 Å². The second-order valence-electron chi connectivity index (χ2n) is 5.56. The van der Waals surface area contributed by atoms with Gasteiger partial charge in [-0.05, 0) is 26.7 Å². The van der Waals surface area contributed by atoms with E-state index >= 15 is 0 Å². The van der Waals surface area contributed by atoms with E-state index < -0.39 is 9.84 Å². The predicted octanol–water partition coefficient (Wildman–Crippen LogP) is 1.70. The van der Waals surface area contributed by atoms with E-state index in [1.165, 1.54) is 6.33 Å². The van der Waals surface area contributed by atoms with Gasteiger partial charge in [0.15, 0.2) is 9.84 Å². The highest BCUT2D eigenvalue weighted by molar-refractivity contribution is 7.91. The first kappa shape index (κ1) is 16.0. The molecule has 6 nitrogen and oxygen atoms in total. The largest absolute Gasteiger partial charge is 0.367 e. The van der Waals surface area contributed by atoms with E-state index in [0.29, 0.717) is 12.5 Å². The summed E-state index contributed by atoms with van der Waals surface area (Å²) in [5, 5.41) is 3.32. The lowest BCUT2D eigenvalue weighted by atomic mass is 10.2. The van der Waals surface area contributed by atoms with Crippen LogP contribution in [0.15, 0.2) is 12.4 Å². The van der Waals surface area contributed by atoms with E-state index in [1.807, 2.05) is 13.0 Å². The number of nitrogens with zero attached hydrogens (tertiary/aromatic N) is 3. The Hall–Kier alpha value is -1.37. The van der Waals surface area contributed by atoms with Crippen molar-refractivity contribution in [3.8, 4) is 0 Å². The lowest BCUT2D eigenvalue weighted by Crippen LogP contribution is -2.36. The second-order valence-corrected chi connectivity index (χ2v) is 7.79. The van der Waals surface area contributed by atoms with Crippen LogP contribution in [0.5, 0.6) is 0 Å². The van der Waals surface area contributed by atoms with Crippen LogP contribution in [0.25, 0.3) is 0 Å². The third-order valence-electron chi connectivity index (χ3n) is 3.94. The molecule has 1 aromatic rings. The number of rotatable bonds is 6. The molecule has 1 aromatic heterocycles. The SMILES string of the molecule is CCC(C)Nc1cc(N(CC)C2CCS(=O)(=O)C2)ncn1. The van der Waals surface area contributed by atoms with Gasteiger partial charge < -0.3 is 10.2 Å². The summed E-state index contributed by atoms with van der Waals surface area (Å²) in [5.41, 5.74) is 0. The van der Waals surface area contributed by atoms with E-state index in [-0.39, 0.29) is 17.5 Å². The first-order valence-electron chi connectivity index (χ1n) is 7.50. The van der Waals surface area contributed by atoms with Crippen LogP contribution in [0.1, 0.15) is 33.6 Å². The number of aromatic nitrogens is 2. The van der Waals surface area contributed by atoms with E-state index in [1.54, 1.807) is 0 Å². The highest BCUT2D eigenvalue weighted by Gasteiger charge is 2.32. The molecule has 0 spiro atoms. The Kier molecular flexibility index (Phi) is 5.03. The third-order valence-corrected chi connectivity index (χ3v) is 5.69. The van der Waals surface area contributed by atoms with Gasteiger partial charge in [-0.1, -0.05) is 6.92 Å². The molecule has 1 saturated heterocycles. The summed E-state index contributed by atoms with van der Waals surface area (Å²) in [4.78, 5) is 10.6. The molecule has 118 valence electrons. The van der Waals surface area contributed by atoms with Gasteiger partial charge in [0.05, 0.1) is 11.5 Å². The molecule has 1 aliphatic heterocycles. The van der Waals surface area contributed by atoms with Crippen molar-refractivity contribution in [1.29, 1.82) is 0 Å². The zero-order valence-corrected chi connectivity index (χ0v) is 13.7. The number of sulfone groups is 1. The second kappa shape index (κ2) is 6.60. The van der Waals surface area contributed by atoms with Crippen molar-refractivity contribution in [2.45, 2.75) is 45.7 Å².